The number of nitrogen functional groups attached to an aromatic ring is 1. The van der Waals surface area contributed by atoms with Crippen LogP contribution in [-0.4, -0.2) is 11.0 Å². The molecule has 1 aromatic heterocycles. The number of nitrogens with zero attached hydrogens (tertiary/aromatic N) is 1. The third kappa shape index (κ3) is 1.94. The van der Waals surface area contributed by atoms with Crippen LogP contribution in [0.15, 0.2) is 6.20 Å². The second-order valence-corrected chi connectivity index (χ2v) is 4.79. The number of rotatable bonds is 2. The second-order valence-electron chi connectivity index (χ2n) is 3.73. The number of hydrogen-bond acceptors (Lipinski definition) is 4. The predicted molar refractivity (Wildman–Crippen MR) is 57.0 cm³/mol. The van der Waals surface area contributed by atoms with Crippen LogP contribution >= 0.6 is 11.3 Å². The van der Waals surface area contributed by atoms with Crippen LogP contribution in [0.5, 0.6) is 0 Å². The fraction of sp³-hybridized carbons (Fsp3) is 0.667. The van der Waals surface area contributed by atoms with Crippen LogP contribution in [0.25, 0.3) is 0 Å². The summed E-state index contributed by atoms with van der Waals surface area (Å²) in [5, 5.41) is 5.19. The number of thiazole rings is 1. The molecule has 2 unspecified atom stereocenters. The lowest BCUT2D eigenvalue weighted by Crippen LogP contribution is -2.21. The van der Waals surface area contributed by atoms with Gasteiger partial charge in [0, 0.05) is 6.04 Å². The van der Waals surface area contributed by atoms with Gasteiger partial charge in [0.15, 0.2) is 5.13 Å². The standard InChI is InChI=1S/C9H15N3S/c1-6-3-2-4-7(6)12-9-11-5-8(10)13-9/h5-7H,2-4,10H2,1H3,(H,11,12). The van der Waals surface area contributed by atoms with Gasteiger partial charge in [-0.1, -0.05) is 24.7 Å². The highest BCUT2D eigenvalue weighted by Gasteiger charge is 2.23. The summed E-state index contributed by atoms with van der Waals surface area (Å²) in [5.74, 6) is 0.769. The van der Waals surface area contributed by atoms with E-state index in [4.69, 9.17) is 5.73 Å². The molecule has 1 heterocycles. The minimum absolute atomic E-state index is 0.602. The molecule has 3 N–H and O–H groups in total. The number of nitrogens with two attached hydrogens (primary N) is 1. The van der Waals surface area contributed by atoms with Crippen molar-refractivity contribution >= 4 is 21.5 Å². The largest absolute Gasteiger partial charge is 0.389 e. The molecular weight excluding hydrogens is 182 g/mol. The third-order valence-corrected chi connectivity index (χ3v) is 3.45. The van der Waals surface area contributed by atoms with E-state index in [0.717, 1.165) is 16.1 Å². The Morgan fingerprint density at radius 2 is 2.46 bits per heavy atom. The van der Waals surface area contributed by atoms with Crippen LogP contribution in [0.1, 0.15) is 26.2 Å². The van der Waals surface area contributed by atoms with E-state index in [1.807, 2.05) is 0 Å². The van der Waals surface area contributed by atoms with Crippen LogP contribution in [0.2, 0.25) is 0 Å². The zero-order valence-corrected chi connectivity index (χ0v) is 8.60. The van der Waals surface area contributed by atoms with E-state index < -0.39 is 0 Å². The average Bonchev–Trinajstić information content (AvgIpc) is 2.64. The van der Waals surface area contributed by atoms with E-state index in [1.165, 1.54) is 30.6 Å². The van der Waals surface area contributed by atoms with Crippen molar-refractivity contribution in [3.63, 3.8) is 0 Å². The van der Waals surface area contributed by atoms with Gasteiger partial charge in [0.05, 0.1) is 6.20 Å². The molecule has 0 aromatic carbocycles. The van der Waals surface area contributed by atoms with Crippen molar-refractivity contribution < 1.29 is 0 Å². The minimum Gasteiger partial charge on any atom is -0.389 e. The maximum Gasteiger partial charge on any atom is 0.184 e. The van der Waals surface area contributed by atoms with E-state index in [1.54, 1.807) is 6.20 Å². The van der Waals surface area contributed by atoms with Gasteiger partial charge in [-0.25, -0.2) is 4.98 Å². The van der Waals surface area contributed by atoms with Gasteiger partial charge in [-0.05, 0) is 18.8 Å². The summed E-state index contributed by atoms with van der Waals surface area (Å²) in [5.41, 5.74) is 5.60. The van der Waals surface area contributed by atoms with E-state index in [-0.39, 0.29) is 0 Å². The normalized spacial score (nSPS) is 27.8. The van der Waals surface area contributed by atoms with Crippen molar-refractivity contribution in [1.82, 2.24) is 4.98 Å². The van der Waals surface area contributed by atoms with Crippen LogP contribution < -0.4 is 11.1 Å². The third-order valence-electron chi connectivity index (χ3n) is 2.69. The molecule has 0 radical (unpaired) electrons. The Labute approximate surface area is 82.4 Å². The first-order valence-corrected chi connectivity index (χ1v) is 5.55. The highest BCUT2D eigenvalue weighted by Crippen LogP contribution is 2.29. The Morgan fingerprint density at radius 1 is 1.62 bits per heavy atom. The van der Waals surface area contributed by atoms with Gasteiger partial charge < -0.3 is 11.1 Å². The lowest BCUT2D eigenvalue weighted by Gasteiger charge is -2.15. The molecule has 3 nitrogen and oxygen atoms in total. The summed E-state index contributed by atoms with van der Waals surface area (Å²) in [4.78, 5) is 4.20. The molecule has 13 heavy (non-hydrogen) atoms. The molecule has 0 bridgehead atoms. The van der Waals surface area contributed by atoms with Crippen LogP contribution in [-0.2, 0) is 0 Å². The van der Waals surface area contributed by atoms with Gasteiger partial charge >= 0.3 is 0 Å². The van der Waals surface area contributed by atoms with Gasteiger partial charge in [0.25, 0.3) is 0 Å². The quantitative estimate of drug-likeness (QED) is 0.765. The summed E-state index contributed by atoms with van der Waals surface area (Å²) < 4.78 is 0. The van der Waals surface area contributed by atoms with Gasteiger partial charge in [-0.3, -0.25) is 0 Å². The first kappa shape index (κ1) is 8.81. The highest BCUT2D eigenvalue weighted by atomic mass is 32.1. The molecule has 0 aliphatic heterocycles. The van der Waals surface area contributed by atoms with Gasteiger partial charge in [0.1, 0.15) is 5.00 Å². The zero-order chi connectivity index (χ0) is 9.26. The molecule has 72 valence electrons. The SMILES string of the molecule is CC1CCCC1Nc1ncc(N)s1. The maximum atomic E-state index is 5.60. The number of aromatic nitrogens is 1. The van der Waals surface area contributed by atoms with E-state index in [9.17, 15) is 0 Å². The second kappa shape index (κ2) is 3.54. The van der Waals surface area contributed by atoms with Crippen molar-refractivity contribution in [2.45, 2.75) is 32.2 Å². The minimum atomic E-state index is 0.602. The first-order valence-electron chi connectivity index (χ1n) is 4.73. The van der Waals surface area contributed by atoms with E-state index >= 15 is 0 Å². The lowest BCUT2D eigenvalue weighted by molar-refractivity contribution is 0.556. The van der Waals surface area contributed by atoms with E-state index in [0.29, 0.717) is 6.04 Å². The zero-order valence-electron chi connectivity index (χ0n) is 7.79. The Hall–Kier alpha value is -0.770. The fourth-order valence-electron chi connectivity index (χ4n) is 1.87. The number of nitrogens with one attached hydrogen (secondary N) is 1. The molecular formula is C9H15N3S. The van der Waals surface area contributed by atoms with Crippen LogP contribution in [0, 0.1) is 5.92 Å². The molecule has 1 saturated carbocycles. The van der Waals surface area contributed by atoms with Crippen molar-refractivity contribution in [3.8, 4) is 0 Å². The summed E-state index contributed by atoms with van der Waals surface area (Å²) in [6.45, 7) is 2.29. The first-order chi connectivity index (χ1) is 6.25. The summed E-state index contributed by atoms with van der Waals surface area (Å²) in [7, 11) is 0. The fourth-order valence-corrected chi connectivity index (χ4v) is 2.52. The summed E-state index contributed by atoms with van der Waals surface area (Å²) in [6.07, 6.45) is 5.64. The Bertz CT molecular complexity index is 284. The van der Waals surface area contributed by atoms with Crippen molar-refractivity contribution in [2.75, 3.05) is 11.1 Å². The molecule has 1 aliphatic carbocycles. The summed E-state index contributed by atoms with van der Waals surface area (Å²) in [6, 6.07) is 0.602. The molecule has 0 saturated heterocycles. The van der Waals surface area contributed by atoms with Crippen LogP contribution in [0.3, 0.4) is 0 Å². The highest BCUT2D eigenvalue weighted by molar-refractivity contribution is 7.19. The van der Waals surface area contributed by atoms with Crippen molar-refractivity contribution in [3.05, 3.63) is 6.20 Å². The van der Waals surface area contributed by atoms with Gasteiger partial charge in [-0.2, -0.15) is 0 Å². The maximum absolute atomic E-state index is 5.60. The molecule has 0 amide bonds. The number of anilines is 2. The van der Waals surface area contributed by atoms with E-state index in [2.05, 4.69) is 17.2 Å². The number of hydrogen-bond donors (Lipinski definition) is 2. The average molecular weight is 197 g/mol. The van der Waals surface area contributed by atoms with Crippen molar-refractivity contribution in [1.29, 1.82) is 0 Å². The monoisotopic (exact) mass is 197 g/mol. The molecule has 2 rings (SSSR count). The molecule has 4 heteroatoms. The Morgan fingerprint density at radius 3 is 3.00 bits per heavy atom. The Balaban J connectivity index is 1.97. The smallest absolute Gasteiger partial charge is 0.184 e. The van der Waals surface area contributed by atoms with Gasteiger partial charge in [-0.15, -0.1) is 0 Å². The molecule has 1 aliphatic rings. The molecule has 2 atom stereocenters. The topological polar surface area (TPSA) is 50.9 Å². The Kier molecular flexibility index (Phi) is 2.40. The van der Waals surface area contributed by atoms with Crippen molar-refractivity contribution in [2.24, 2.45) is 5.92 Å². The lowest BCUT2D eigenvalue weighted by atomic mass is 10.1. The summed E-state index contributed by atoms with van der Waals surface area (Å²) >= 11 is 1.53. The molecule has 1 aromatic rings. The van der Waals surface area contributed by atoms with Gasteiger partial charge in [0.2, 0.25) is 0 Å². The molecule has 0 spiro atoms. The van der Waals surface area contributed by atoms with Crippen LogP contribution in [0.4, 0.5) is 10.1 Å². The predicted octanol–water partition coefficient (Wildman–Crippen LogP) is 2.33. The molecule has 1 fully saturated rings.